The number of ether oxygens (including phenoxy) is 2. The summed E-state index contributed by atoms with van der Waals surface area (Å²) in [5.74, 6) is 0.262. The lowest BCUT2D eigenvalue weighted by Crippen LogP contribution is -2.17. The van der Waals surface area contributed by atoms with E-state index in [1.54, 1.807) is 0 Å². The molecule has 0 spiro atoms. The van der Waals surface area contributed by atoms with Gasteiger partial charge in [0.2, 0.25) is 0 Å². The summed E-state index contributed by atoms with van der Waals surface area (Å²) in [6.07, 6.45) is 0.831. The highest BCUT2D eigenvalue weighted by molar-refractivity contribution is 5.85. The van der Waals surface area contributed by atoms with Gasteiger partial charge in [-0.05, 0) is 31.0 Å². The normalized spacial score (nSPS) is 11.2. The van der Waals surface area contributed by atoms with Crippen molar-refractivity contribution in [3.05, 3.63) is 29.8 Å². The molecule has 1 unspecified atom stereocenters. The molecular formula is C12H18ClNO3. The number of halogens is 1. The van der Waals surface area contributed by atoms with Crippen molar-refractivity contribution in [3.8, 4) is 5.75 Å². The molecule has 0 saturated heterocycles. The summed E-state index contributed by atoms with van der Waals surface area (Å²) in [7, 11) is 1.33. The predicted octanol–water partition coefficient (Wildman–Crippen LogP) is 1.55. The Hall–Kier alpha value is -1.26. The van der Waals surface area contributed by atoms with E-state index in [1.807, 2.05) is 31.2 Å². The van der Waals surface area contributed by atoms with Crippen LogP contribution in [0.5, 0.6) is 5.75 Å². The topological polar surface area (TPSA) is 61.5 Å². The molecule has 0 radical (unpaired) electrons. The van der Waals surface area contributed by atoms with Crippen molar-refractivity contribution in [3.63, 3.8) is 0 Å². The molecule has 0 bridgehead atoms. The van der Waals surface area contributed by atoms with Gasteiger partial charge >= 0.3 is 5.97 Å². The lowest BCUT2D eigenvalue weighted by atomic mass is 10.1. The van der Waals surface area contributed by atoms with Gasteiger partial charge in [-0.1, -0.05) is 12.1 Å². The van der Waals surface area contributed by atoms with Gasteiger partial charge in [0, 0.05) is 6.04 Å². The molecule has 0 heterocycles. The Morgan fingerprint density at radius 1 is 1.35 bits per heavy atom. The summed E-state index contributed by atoms with van der Waals surface area (Å²) in [4.78, 5) is 10.8. The number of carbonyl (C=O) groups excluding carboxylic acids is 1. The van der Waals surface area contributed by atoms with Gasteiger partial charge in [-0.25, -0.2) is 4.79 Å². The van der Waals surface area contributed by atoms with Crippen molar-refractivity contribution in [2.75, 3.05) is 13.7 Å². The zero-order chi connectivity index (χ0) is 12.0. The van der Waals surface area contributed by atoms with Crippen LogP contribution in [0, 0.1) is 0 Å². The van der Waals surface area contributed by atoms with Crippen molar-refractivity contribution < 1.29 is 14.3 Å². The molecule has 0 aliphatic rings. The molecule has 5 heteroatoms. The zero-order valence-corrected chi connectivity index (χ0v) is 10.8. The second-order valence-corrected chi connectivity index (χ2v) is 3.69. The van der Waals surface area contributed by atoms with Crippen LogP contribution in [-0.4, -0.2) is 25.7 Å². The van der Waals surface area contributed by atoms with E-state index in [4.69, 9.17) is 10.5 Å². The fraction of sp³-hybridized carbons (Fsp3) is 0.417. The summed E-state index contributed by atoms with van der Waals surface area (Å²) >= 11 is 0. The molecule has 0 aliphatic carbocycles. The Bertz CT molecular complexity index is 338. The lowest BCUT2D eigenvalue weighted by molar-refractivity contribution is -0.142. The van der Waals surface area contributed by atoms with E-state index in [0.29, 0.717) is 5.75 Å². The maximum absolute atomic E-state index is 10.8. The first kappa shape index (κ1) is 15.7. The zero-order valence-electron chi connectivity index (χ0n) is 10.0. The summed E-state index contributed by atoms with van der Waals surface area (Å²) in [6.45, 7) is 1.89. The largest absolute Gasteiger partial charge is 0.482 e. The van der Waals surface area contributed by atoms with E-state index >= 15 is 0 Å². The van der Waals surface area contributed by atoms with Gasteiger partial charge < -0.3 is 15.2 Å². The fourth-order valence-electron chi connectivity index (χ4n) is 1.29. The Morgan fingerprint density at radius 2 is 1.94 bits per heavy atom. The Morgan fingerprint density at radius 3 is 2.41 bits per heavy atom. The number of hydrogen-bond donors (Lipinski definition) is 1. The van der Waals surface area contributed by atoms with Crippen LogP contribution in [0.2, 0.25) is 0 Å². The Labute approximate surface area is 108 Å². The standard InChI is InChI=1S/C12H17NO3.ClH/c1-9(13)7-10-3-5-11(6-4-10)16-8-12(14)15-2;/h3-6,9H,7-8,13H2,1-2H3;1H. The van der Waals surface area contributed by atoms with Crippen LogP contribution in [0.4, 0.5) is 0 Å². The van der Waals surface area contributed by atoms with Crippen LogP contribution < -0.4 is 10.5 Å². The summed E-state index contributed by atoms with van der Waals surface area (Å²) in [6, 6.07) is 7.66. The first-order valence-electron chi connectivity index (χ1n) is 5.16. The highest BCUT2D eigenvalue weighted by Crippen LogP contribution is 2.13. The number of esters is 1. The third-order valence-corrected chi connectivity index (χ3v) is 2.07. The Kier molecular flexibility index (Phi) is 7.34. The molecule has 0 aromatic heterocycles. The molecule has 0 saturated carbocycles. The molecule has 4 nitrogen and oxygen atoms in total. The van der Waals surface area contributed by atoms with Crippen LogP contribution in [0.15, 0.2) is 24.3 Å². The van der Waals surface area contributed by atoms with Gasteiger partial charge in [0.1, 0.15) is 5.75 Å². The average molecular weight is 260 g/mol. The van der Waals surface area contributed by atoms with Gasteiger partial charge in [0.15, 0.2) is 6.61 Å². The van der Waals surface area contributed by atoms with E-state index in [-0.39, 0.29) is 31.0 Å². The van der Waals surface area contributed by atoms with E-state index < -0.39 is 0 Å². The van der Waals surface area contributed by atoms with Crippen LogP contribution in [-0.2, 0) is 16.0 Å². The molecule has 0 aliphatic heterocycles. The number of benzene rings is 1. The highest BCUT2D eigenvalue weighted by atomic mass is 35.5. The van der Waals surface area contributed by atoms with Gasteiger partial charge in [0.25, 0.3) is 0 Å². The summed E-state index contributed by atoms with van der Waals surface area (Å²) in [5, 5.41) is 0. The minimum atomic E-state index is -0.389. The fourth-order valence-corrected chi connectivity index (χ4v) is 1.29. The average Bonchev–Trinajstić information content (AvgIpc) is 2.27. The minimum Gasteiger partial charge on any atom is -0.482 e. The number of methoxy groups -OCH3 is 1. The maximum atomic E-state index is 10.8. The van der Waals surface area contributed by atoms with Gasteiger partial charge in [-0.3, -0.25) is 0 Å². The molecule has 96 valence electrons. The van der Waals surface area contributed by atoms with E-state index in [1.165, 1.54) is 7.11 Å². The van der Waals surface area contributed by atoms with E-state index in [9.17, 15) is 4.79 Å². The SMILES string of the molecule is COC(=O)COc1ccc(CC(C)N)cc1.Cl. The van der Waals surface area contributed by atoms with Crippen molar-refractivity contribution in [1.29, 1.82) is 0 Å². The van der Waals surface area contributed by atoms with Crippen molar-refractivity contribution in [2.45, 2.75) is 19.4 Å². The second kappa shape index (κ2) is 7.92. The smallest absolute Gasteiger partial charge is 0.343 e. The molecular weight excluding hydrogens is 242 g/mol. The van der Waals surface area contributed by atoms with Gasteiger partial charge in [-0.15, -0.1) is 12.4 Å². The highest BCUT2D eigenvalue weighted by Gasteiger charge is 2.02. The molecule has 1 atom stereocenters. The number of hydrogen-bond acceptors (Lipinski definition) is 4. The van der Waals surface area contributed by atoms with Crippen LogP contribution in [0.25, 0.3) is 0 Å². The Balaban J connectivity index is 0.00000256. The first-order valence-corrected chi connectivity index (χ1v) is 5.16. The maximum Gasteiger partial charge on any atom is 0.343 e. The molecule has 1 aromatic rings. The minimum absolute atomic E-state index is 0. The van der Waals surface area contributed by atoms with Crippen LogP contribution in [0.3, 0.4) is 0 Å². The van der Waals surface area contributed by atoms with Crippen molar-refractivity contribution >= 4 is 18.4 Å². The van der Waals surface area contributed by atoms with Crippen LogP contribution >= 0.6 is 12.4 Å². The third-order valence-electron chi connectivity index (χ3n) is 2.07. The molecule has 2 N–H and O–H groups in total. The third kappa shape index (κ3) is 6.14. The summed E-state index contributed by atoms with van der Waals surface area (Å²) < 4.78 is 9.68. The predicted molar refractivity (Wildman–Crippen MR) is 68.6 cm³/mol. The monoisotopic (exact) mass is 259 g/mol. The molecule has 0 amide bonds. The van der Waals surface area contributed by atoms with Crippen molar-refractivity contribution in [1.82, 2.24) is 0 Å². The van der Waals surface area contributed by atoms with Crippen molar-refractivity contribution in [2.24, 2.45) is 5.73 Å². The second-order valence-electron chi connectivity index (χ2n) is 3.69. The summed E-state index contributed by atoms with van der Waals surface area (Å²) in [5.41, 5.74) is 6.84. The van der Waals surface area contributed by atoms with Crippen LogP contribution in [0.1, 0.15) is 12.5 Å². The number of carbonyl (C=O) groups is 1. The molecule has 1 rings (SSSR count). The molecule has 1 aromatic carbocycles. The molecule has 0 fully saturated rings. The quantitative estimate of drug-likeness (QED) is 0.815. The van der Waals surface area contributed by atoms with Gasteiger partial charge in [-0.2, -0.15) is 0 Å². The van der Waals surface area contributed by atoms with E-state index in [0.717, 1.165) is 12.0 Å². The molecule has 17 heavy (non-hydrogen) atoms. The van der Waals surface area contributed by atoms with E-state index in [2.05, 4.69) is 4.74 Å². The first-order chi connectivity index (χ1) is 7.61. The number of rotatable bonds is 5. The number of nitrogens with two attached hydrogens (primary N) is 1. The van der Waals surface area contributed by atoms with Gasteiger partial charge in [0.05, 0.1) is 7.11 Å². The lowest BCUT2D eigenvalue weighted by Gasteiger charge is -2.07.